The molecule has 2 amide bonds. The number of pyridine rings is 1. The summed E-state index contributed by atoms with van der Waals surface area (Å²) in [5, 5.41) is 3.20. The van der Waals surface area contributed by atoms with Gasteiger partial charge in [-0.05, 0) is 48.9 Å². The molecule has 1 aliphatic rings. The van der Waals surface area contributed by atoms with E-state index in [4.69, 9.17) is 11.6 Å². The molecule has 1 aromatic heterocycles. The smallest absolute Gasteiger partial charge is 0.258 e. The predicted octanol–water partition coefficient (Wildman–Crippen LogP) is 4.48. The Balaban J connectivity index is 1.38. The van der Waals surface area contributed by atoms with Crippen molar-refractivity contribution in [1.82, 2.24) is 9.88 Å². The Morgan fingerprint density at radius 2 is 1.81 bits per heavy atom. The van der Waals surface area contributed by atoms with Gasteiger partial charge in [0.15, 0.2) is 0 Å². The molecule has 32 heavy (non-hydrogen) atoms. The number of aromatic nitrogens is 1. The van der Waals surface area contributed by atoms with E-state index in [1.165, 1.54) is 18.2 Å². The Morgan fingerprint density at radius 3 is 2.56 bits per heavy atom. The summed E-state index contributed by atoms with van der Waals surface area (Å²) in [6.45, 7) is 2.62. The summed E-state index contributed by atoms with van der Waals surface area (Å²) in [5.41, 5.74) is 1.04. The first-order chi connectivity index (χ1) is 15.5. The van der Waals surface area contributed by atoms with Gasteiger partial charge >= 0.3 is 0 Å². The van der Waals surface area contributed by atoms with Gasteiger partial charge in [-0.1, -0.05) is 29.8 Å². The van der Waals surface area contributed by atoms with Crippen LogP contribution >= 0.6 is 11.6 Å². The average molecular weight is 453 g/mol. The monoisotopic (exact) mass is 452 g/mol. The number of carbonyl (C=O) groups is 2. The Bertz CT molecular complexity index is 1120. The second kappa shape index (κ2) is 9.78. The number of benzene rings is 2. The Labute approximate surface area is 190 Å². The van der Waals surface area contributed by atoms with Crippen molar-refractivity contribution >= 4 is 34.9 Å². The summed E-state index contributed by atoms with van der Waals surface area (Å²) in [7, 11) is 0. The second-order valence-corrected chi connectivity index (χ2v) is 7.92. The fourth-order valence-corrected chi connectivity index (χ4v) is 3.83. The predicted molar refractivity (Wildman–Crippen MR) is 123 cm³/mol. The third-order valence-corrected chi connectivity index (χ3v) is 5.54. The van der Waals surface area contributed by atoms with E-state index in [-0.39, 0.29) is 11.5 Å². The molecule has 0 bridgehead atoms. The lowest BCUT2D eigenvalue weighted by Gasteiger charge is -2.23. The van der Waals surface area contributed by atoms with Crippen molar-refractivity contribution in [3.05, 3.63) is 88.8 Å². The molecule has 1 saturated heterocycles. The summed E-state index contributed by atoms with van der Waals surface area (Å²) in [6, 6.07) is 16.3. The largest absolute Gasteiger partial charge is 0.355 e. The van der Waals surface area contributed by atoms with Crippen molar-refractivity contribution in [2.24, 2.45) is 0 Å². The van der Waals surface area contributed by atoms with E-state index in [0.717, 1.165) is 18.8 Å². The van der Waals surface area contributed by atoms with E-state index in [0.29, 0.717) is 35.9 Å². The molecule has 1 N–H and O–H groups in total. The van der Waals surface area contributed by atoms with Crippen molar-refractivity contribution in [2.75, 3.05) is 36.4 Å². The number of nitrogens with one attached hydrogen (secondary N) is 1. The van der Waals surface area contributed by atoms with Crippen LogP contribution < -0.4 is 10.2 Å². The van der Waals surface area contributed by atoms with Gasteiger partial charge in [0.2, 0.25) is 0 Å². The normalized spacial score (nSPS) is 14.1. The van der Waals surface area contributed by atoms with E-state index >= 15 is 0 Å². The Hall–Kier alpha value is -3.45. The van der Waals surface area contributed by atoms with E-state index in [9.17, 15) is 14.0 Å². The molecule has 2 heterocycles. The molecule has 1 fully saturated rings. The first kappa shape index (κ1) is 21.8. The third kappa shape index (κ3) is 5.06. The first-order valence-corrected chi connectivity index (χ1v) is 10.7. The maximum Gasteiger partial charge on any atom is 0.258 e. The average Bonchev–Trinajstić information content (AvgIpc) is 3.06. The quantitative estimate of drug-likeness (QED) is 0.634. The van der Waals surface area contributed by atoms with Crippen LogP contribution in [0.5, 0.6) is 0 Å². The zero-order valence-electron chi connectivity index (χ0n) is 17.3. The molecule has 0 unspecified atom stereocenters. The minimum atomic E-state index is -0.573. The number of rotatable bonds is 4. The van der Waals surface area contributed by atoms with Crippen LogP contribution in [0.3, 0.4) is 0 Å². The molecule has 2 aromatic carbocycles. The van der Waals surface area contributed by atoms with E-state index < -0.39 is 11.7 Å². The van der Waals surface area contributed by atoms with Gasteiger partial charge in [-0.2, -0.15) is 0 Å². The van der Waals surface area contributed by atoms with Gasteiger partial charge in [-0.15, -0.1) is 0 Å². The van der Waals surface area contributed by atoms with Crippen molar-refractivity contribution < 1.29 is 14.0 Å². The molecule has 8 heteroatoms. The fourth-order valence-electron chi connectivity index (χ4n) is 3.64. The number of amides is 2. The number of halogens is 2. The highest BCUT2D eigenvalue weighted by atomic mass is 35.5. The topological polar surface area (TPSA) is 65.5 Å². The second-order valence-electron chi connectivity index (χ2n) is 7.48. The van der Waals surface area contributed by atoms with Gasteiger partial charge in [-0.25, -0.2) is 9.37 Å². The summed E-state index contributed by atoms with van der Waals surface area (Å²) < 4.78 is 13.8. The molecule has 3 aromatic rings. The maximum atomic E-state index is 13.8. The number of carbonyl (C=O) groups excluding carboxylic acids is 2. The van der Waals surface area contributed by atoms with Gasteiger partial charge in [0.05, 0.1) is 17.4 Å². The van der Waals surface area contributed by atoms with Crippen molar-refractivity contribution in [1.29, 1.82) is 0 Å². The van der Waals surface area contributed by atoms with Crippen LogP contribution in [-0.2, 0) is 0 Å². The van der Waals surface area contributed by atoms with Gasteiger partial charge in [0.1, 0.15) is 11.6 Å². The van der Waals surface area contributed by atoms with Crippen LogP contribution in [0.15, 0.2) is 66.9 Å². The number of anilines is 2. The van der Waals surface area contributed by atoms with Crippen LogP contribution in [0.1, 0.15) is 27.1 Å². The molecule has 164 valence electrons. The summed E-state index contributed by atoms with van der Waals surface area (Å²) in [6.07, 6.45) is 2.35. The number of nitrogens with zero attached hydrogens (tertiary/aromatic N) is 3. The fraction of sp³-hybridized carbons (Fsp3) is 0.208. The molecular formula is C24H22ClFN4O2. The number of hydrogen-bond donors (Lipinski definition) is 1. The number of hydrogen-bond acceptors (Lipinski definition) is 4. The SMILES string of the molecule is O=C(Nc1ccc(N2CCCN(C(=O)c3cccc(Cl)c3)CC2)nc1)c1ccccc1F. The standard InChI is InChI=1S/C24H22ClFN4O2/c25-18-6-3-5-17(15-18)24(32)30-12-4-11-29(13-14-30)22-10-9-19(16-27-22)28-23(31)20-7-1-2-8-21(20)26/h1-3,5-10,15-16H,4,11-14H2,(H,28,31). The zero-order chi connectivity index (χ0) is 22.5. The molecule has 1 aliphatic heterocycles. The van der Waals surface area contributed by atoms with Crippen LogP contribution in [0.4, 0.5) is 15.9 Å². The van der Waals surface area contributed by atoms with Crippen molar-refractivity contribution in [3.63, 3.8) is 0 Å². The van der Waals surface area contributed by atoms with Crippen molar-refractivity contribution in [2.45, 2.75) is 6.42 Å². The van der Waals surface area contributed by atoms with E-state index in [2.05, 4.69) is 15.2 Å². The summed E-state index contributed by atoms with van der Waals surface area (Å²) in [4.78, 5) is 33.5. The maximum absolute atomic E-state index is 13.8. The molecular weight excluding hydrogens is 431 g/mol. The summed E-state index contributed by atoms with van der Waals surface area (Å²) in [5.74, 6) is -0.377. The Morgan fingerprint density at radius 1 is 0.969 bits per heavy atom. The van der Waals surface area contributed by atoms with Gasteiger partial charge in [0.25, 0.3) is 11.8 Å². The molecule has 0 radical (unpaired) electrons. The lowest BCUT2D eigenvalue weighted by Crippen LogP contribution is -2.35. The van der Waals surface area contributed by atoms with Crippen LogP contribution in [0.25, 0.3) is 0 Å². The zero-order valence-corrected chi connectivity index (χ0v) is 18.1. The van der Waals surface area contributed by atoms with Crippen LogP contribution in [0.2, 0.25) is 5.02 Å². The molecule has 0 atom stereocenters. The van der Waals surface area contributed by atoms with Crippen molar-refractivity contribution in [3.8, 4) is 0 Å². The minimum absolute atomic E-state index is 0.0199. The van der Waals surface area contributed by atoms with E-state index in [1.54, 1.807) is 42.6 Å². The highest BCUT2D eigenvalue weighted by Gasteiger charge is 2.21. The Kier molecular flexibility index (Phi) is 6.66. The lowest BCUT2D eigenvalue weighted by atomic mass is 10.2. The molecule has 0 spiro atoms. The van der Waals surface area contributed by atoms with E-state index in [1.807, 2.05) is 11.0 Å². The minimum Gasteiger partial charge on any atom is -0.355 e. The molecule has 0 saturated carbocycles. The molecule has 4 rings (SSSR count). The van der Waals surface area contributed by atoms with Gasteiger partial charge < -0.3 is 15.1 Å². The molecule has 6 nitrogen and oxygen atoms in total. The molecule has 0 aliphatic carbocycles. The lowest BCUT2D eigenvalue weighted by molar-refractivity contribution is 0.0767. The van der Waals surface area contributed by atoms with Crippen LogP contribution in [0, 0.1) is 5.82 Å². The van der Waals surface area contributed by atoms with Gasteiger partial charge in [-0.3, -0.25) is 9.59 Å². The highest BCUT2D eigenvalue weighted by molar-refractivity contribution is 6.30. The van der Waals surface area contributed by atoms with Gasteiger partial charge in [0, 0.05) is 36.8 Å². The summed E-state index contributed by atoms with van der Waals surface area (Å²) >= 11 is 6.02. The van der Waals surface area contributed by atoms with Crippen LogP contribution in [-0.4, -0.2) is 47.9 Å². The first-order valence-electron chi connectivity index (χ1n) is 10.3. The highest BCUT2D eigenvalue weighted by Crippen LogP contribution is 2.19. The third-order valence-electron chi connectivity index (χ3n) is 5.30.